The SMILES string of the molecule is O=C(CCNC(=O)C1CCCC1)Nc1ccccc1. The highest BCUT2D eigenvalue weighted by Gasteiger charge is 2.22. The highest BCUT2D eigenvalue weighted by Crippen LogP contribution is 2.24. The first-order valence-corrected chi connectivity index (χ1v) is 6.88. The van der Waals surface area contributed by atoms with E-state index in [1.54, 1.807) is 0 Å². The lowest BCUT2D eigenvalue weighted by Crippen LogP contribution is -2.31. The van der Waals surface area contributed by atoms with Crippen molar-refractivity contribution in [1.82, 2.24) is 5.32 Å². The Balaban J connectivity index is 1.65. The molecule has 1 saturated carbocycles. The molecule has 0 aliphatic heterocycles. The molecule has 0 saturated heterocycles. The average molecular weight is 260 g/mol. The van der Waals surface area contributed by atoms with Gasteiger partial charge in [-0.25, -0.2) is 0 Å². The van der Waals surface area contributed by atoms with Crippen LogP contribution in [-0.4, -0.2) is 18.4 Å². The number of nitrogens with one attached hydrogen (secondary N) is 2. The van der Waals surface area contributed by atoms with Gasteiger partial charge in [0.1, 0.15) is 0 Å². The summed E-state index contributed by atoms with van der Waals surface area (Å²) in [6.45, 7) is 0.411. The van der Waals surface area contributed by atoms with E-state index in [9.17, 15) is 9.59 Å². The molecule has 0 bridgehead atoms. The highest BCUT2D eigenvalue weighted by molar-refractivity contribution is 5.91. The van der Waals surface area contributed by atoms with Gasteiger partial charge in [-0.15, -0.1) is 0 Å². The maximum atomic E-state index is 11.7. The molecule has 2 amide bonds. The molecule has 0 unspecified atom stereocenters. The molecule has 1 aromatic rings. The standard InChI is InChI=1S/C15H20N2O2/c18-14(17-13-8-2-1-3-9-13)10-11-16-15(19)12-6-4-5-7-12/h1-3,8-9,12H,4-7,10-11H2,(H,16,19)(H,17,18). The molecule has 2 N–H and O–H groups in total. The van der Waals surface area contributed by atoms with E-state index in [1.807, 2.05) is 30.3 Å². The molecular formula is C15H20N2O2. The van der Waals surface area contributed by atoms with Gasteiger partial charge in [0.25, 0.3) is 0 Å². The maximum Gasteiger partial charge on any atom is 0.226 e. The van der Waals surface area contributed by atoms with Crippen LogP contribution in [0.4, 0.5) is 5.69 Å². The van der Waals surface area contributed by atoms with E-state index in [-0.39, 0.29) is 17.7 Å². The molecule has 0 atom stereocenters. The van der Waals surface area contributed by atoms with Crippen LogP contribution >= 0.6 is 0 Å². The van der Waals surface area contributed by atoms with Crippen molar-refractivity contribution in [3.8, 4) is 0 Å². The molecule has 1 fully saturated rings. The first kappa shape index (κ1) is 13.6. The van der Waals surface area contributed by atoms with Crippen molar-refractivity contribution >= 4 is 17.5 Å². The monoisotopic (exact) mass is 260 g/mol. The molecular weight excluding hydrogens is 240 g/mol. The third-order valence-electron chi connectivity index (χ3n) is 3.43. The van der Waals surface area contributed by atoms with E-state index in [0.717, 1.165) is 31.4 Å². The van der Waals surface area contributed by atoms with Crippen LogP contribution in [0.3, 0.4) is 0 Å². The number of amides is 2. The van der Waals surface area contributed by atoms with Gasteiger partial charge in [0.2, 0.25) is 11.8 Å². The minimum atomic E-state index is -0.0714. The lowest BCUT2D eigenvalue weighted by atomic mass is 10.1. The van der Waals surface area contributed by atoms with Gasteiger partial charge in [-0.1, -0.05) is 31.0 Å². The Morgan fingerprint density at radius 3 is 2.47 bits per heavy atom. The number of para-hydroxylation sites is 1. The fraction of sp³-hybridized carbons (Fsp3) is 0.467. The Morgan fingerprint density at radius 2 is 1.79 bits per heavy atom. The molecule has 0 heterocycles. The number of benzene rings is 1. The van der Waals surface area contributed by atoms with Crippen molar-refractivity contribution in [3.05, 3.63) is 30.3 Å². The molecule has 2 rings (SSSR count). The van der Waals surface area contributed by atoms with Crippen LogP contribution in [0.15, 0.2) is 30.3 Å². The van der Waals surface area contributed by atoms with Gasteiger partial charge < -0.3 is 10.6 Å². The minimum Gasteiger partial charge on any atom is -0.355 e. The van der Waals surface area contributed by atoms with Crippen LogP contribution < -0.4 is 10.6 Å². The normalized spacial score (nSPS) is 15.2. The summed E-state index contributed by atoms with van der Waals surface area (Å²) in [6, 6.07) is 9.33. The Bertz CT molecular complexity index is 425. The second-order valence-corrected chi connectivity index (χ2v) is 4.94. The molecule has 4 heteroatoms. The minimum absolute atomic E-state index is 0.0714. The molecule has 1 aliphatic rings. The van der Waals surface area contributed by atoms with Gasteiger partial charge in [-0.3, -0.25) is 9.59 Å². The predicted molar refractivity (Wildman–Crippen MR) is 74.7 cm³/mol. The zero-order valence-corrected chi connectivity index (χ0v) is 11.0. The summed E-state index contributed by atoms with van der Waals surface area (Å²) in [5, 5.41) is 5.64. The quantitative estimate of drug-likeness (QED) is 0.853. The molecule has 19 heavy (non-hydrogen) atoms. The van der Waals surface area contributed by atoms with E-state index in [4.69, 9.17) is 0 Å². The highest BCUT2D eigenvalue weighted by atomic mass is 16.2. The fourth-order valence-electron chi connectivity index (χ4n) is 2.38. The van der Waals surface area contributed by atoms with Crippen LogP contribution in [0, 0.1) is 5.92 Å². The number of carbonyl (C=O) groups is 2. The van der Waals surface area contributed by atoms with Gasteiger partial charge in [-0.2, -0.15) is 0 Å². The van der Waals surface area contributed by atoms with Crippen LogP contribution in [-0.2, 0) is 9.59 Å². The van der Waals surface area contributed by atoms with Crippen molar-refractivity contribution in [2.45, 2.75) is 32.1 Å². The van der Waals surface area contributed by atoms with Crippen molar-refractivity contribution < 1.29 is 9.59 Å². The molecule has 0 aromatic heterocycles. The first-order valence-electron chi connectivity index (χ1n) is 6.88. The van der Waals surface area contributed by atoms with Crippen molar-refractivity contribution in [2.24, 2.45) is 5.92 Å². The summed E-state index contributed by atoms with van der Waals surface area (Å²) < 4.78 is 0. The van der Waals surface area contributed by atoms with E-state index >= 15 is 0 Å². The van der Waals surface area contributed by atoms with Crippen LogP contribution in [0.1, 0.15) is 32.1 Å². The zero-order chi connectivity index (χ0) is 13.5. The lowest BCUT2D eigenvalue weighted by molar-refractivity contribution is -0.124. The third kappa shape index (κ3) is 4.39. The summed E-state index contributed by atoms with van der Waals surface area (Å²) in [7, 11) is 0. The Morgan fingerprint density at radius 1 is 1.11 bits per heavy atom. The maximum absolute atomic E-state index is 11.7. The number of rotatable bonds is 5. The van der Waals surface area contributed by atoms with Gasteiger partial charge >= 0.3 is 0 Å². The zero-order valence-electron chi connectivity index (χ0n) is 11.0. The van der Waals surface area contributed by atoms with Crippen molar-refractivity contribution in [2.75, 3.05) is 11.9 Å². The van der Waals surface area contributed by atoms with Crippen LogP contribution in [0.25, 0.3) is 0 Å². The van der Waals surface area contributed by atoms with Gasteiger partial charge in [-0.05, 0) is 25.0 Å². The average Bonchev–Trinajstić information content (AvgIpc) is 2.93. The van der Waals surface area contributed by atoms with E-state index in [0.29, 0.717) is 13.0 Å². The van der Waals surface area contributed by atoms with E-state index in [1.165, 1.54) is 0 Å². The number of hydrogen-bond acceptors (Lipinski definition) is 2. The Hall–Kier alpha value is -1.84. The van der Waals surface area contributed by atoms with E-state index in [2.05, 4.69) is 10.6 Å². The molecule has 1 aromatic carbocycles. The summed E-state index contributed by atoms with van der Waals surface area (Å²) >= 11 is 0. The second kappa shape index (κ2) is 6.92. The van der Waals surface area contributed by atoms with Gasteiger partial charge in [0, 0.05) is 24.6 Å². The van der Waals surface area contributed by atoms with Crippen molar-refractivity contribution in [1.29, 1.82) is 0 Å². The third-order valence-corrected chi connectivity index (χ3v) is 3.43. The number of carbonyl (C=O) groups excluding carboxylic acids is 2. The molecule has 0 radical (unpaired) electrons. The van der Waals surface area contributed by atoms with Crippen LogP contribution in [0.5, 0.6) is 0 Å². The van der Waals surface area contributed by atoms with Crippen molar-refractivity contribution in [3.63, 3.8) is 0 Å². The predicted octanol–water partition coefficient (Wildman–Crippen LogP) is 2.32. The summed E-state index contributed by atoms with van der Waals surface area (Å²) in [5.41, 5.74) is 0.787. The summed E-state index contributed by atoms with van der Waals surface area (Å²) in [5.74, 6) is 0.195. The summed E-state index contributed by atoms with van der Waals surface area (Å²) in [4.78, 5) is 23.4. The molecule has 1 aliphatic carbocycles. The fourth-order valence-corrected chi connectivity index (χ4v) is 2.38. The second-order valence-electron chi connectivity index (χ2n) is 4.94. The Labute approximate surface area is 113 Å². The topological polar surface area (TPSA) is 58.2 Å². The molecule has 4 nitrogen and oxygen atoms in total. The first-order chi connectivity index (χ1) is 9.25. The number of anilines is 1. The number of hydrogen-bond donors (Lipinski definition) is 2. The Kier molecular flexibility index (Phi) is 4.95. The molecule has 102 valence electrons. The van der Waals surface area contributed by atoms with E-state index < -0.39 is 0 Å². The summed E-state index contributed by atoms with van der Waals surface area (Å²) in [6.07, 6.45) is 4.58. The lowest BCUT2D eigenvalue weighted by Gasteiger charge is -2.10. The molecule has 0 spiro atoms. The largest absolute Gasteiger partial charge is 0.355 e. The van der Waals surface area contributed by atoms with Crippen LogP contribution in [0.2, 0.25) is 0 Å². The smallest absolute Gasteiger partial charge is 0.226 e. The van der Waals surface area contributed by atoms with Gasteiger partial charge in [0.05, 0.1) is 0 Å². The van der Waals surface area contributed by atoms with Gasteiger partial charge in [0.15, 0.2) is 0 Å².